The number of rotatable bonds is 4. The predicted molar refractivity (Wildman–Crippen MR) is 51.9 cm³/mol. The number of esters is 1. The topological polar surface area (TPSA) is 43.4 Å². The average molecular weight is 228 g/mol. The predicted octanol–water partition coefficient (Wildman–Crippen LogP) is 2.10. The van der Waals surface area contributed by atoms with Gasteiger partial charge in [-0.05, 0) is 12.1 Å². The Bertz CT molecular complexity index is 416. The molecular weight excluding hydrogens is 218 g/mol. The quantitative estimate of drug-likeness (QED) is 0.585. The smallest absolute Gasteiger partial charge is 0.305 e. The van der Waals surface area contributed by atoms with Crippen LogP contribution < -0.4 is 0 Å². The molecule has 0 spiro atoms. The van der Waals surface area contributed by atoms with E-state index in [4.69, 9.17) is 0 Å². The van der Waals surface area contributed by atoms with E-state index in [2.05, 4.69) is 4.74 Å². The summed E-state index contributed by atoms with van der Waals surface area (Å²) >= 11 is 0. The molecule has 0 N–H and O–H groups in total. The highest BCUT2D eigenvalue weighted by Crippen LogP contribution is 2.14. The maximum Gasteiger partial charge on any atom is 0.305 e. The van der Waals surface area contributed by atoms with Crippen molar-refractivity contribution < 1.29 is 23.1 Å². The zero-order valence-corrected chi connectivity index (χ0v) is 8.63. The van der Waals surface area contributed by atoms with Crippen molar-refractivity contribution in [2.45, 2.75) is 12.8 Å². The molecule has 0 bridgehead atoms. The van der Waals surface area contributed by atoms with Gasteiger partial charge in [0.25, 0.3) is 0 Å². The van der Waals surface area contributed by atoms with Crippen LogP contribution in [0, 0.1) is 11.6 Å². The summed E-state index contributed by atoms with van der Waals surface area (Å²) in [5.74, 6) is -3.45. The van der Waals surface area contributed by atoms with Crippen LogP contribution >= 0.6 is 0 Å². The molecule has 0 aromatic heterocycles. The number of ketones is 1. The third-order valence-corrected chi connectivity index (χ3v) is 2.04. The third kappa shape index (κ3) is 2.85. The number of hydrogen-bond donors (Lipinski definition) is 0. The number of methoxy groups -OCH3 is 1. The number of Topliss-reactive ketones (excluding diaryl/α,β-unsaturated/α-hetero) is 1. The lowest BCUT2D eigenvalue weighted by molar-refractivity contribution is -0.140. The van der Waals surface area contributed by atoms with Crippen LogP contribution in [0.5, 0.6) is 0 Å². The van der Waals surface area contributed by atoms with E-state index in [1.807, 2.05) is 0 Å². The summed E-state index contributed by atoms with van der Waals surface area (Å²) in [6.45, 7) is 0. The molecule has 0 saturated carbocycles. The highest BCUT2D eigenvalue weighted by atomic mass is 19.2. The third-order valence-electron chi connectivity index (χ3n) is 2.04. The highest BCUT2D eigenvalue weighted by molar-refractivity contribution is 5.97. The fourth-order valence-electron chi connectivity index (χ4n) is 1.17. The van der Waals surface area contributed by atoms with Crippen LogP contribution in [0.2, 0.25) is 0 Å². The van der Waals surface area contributed by atoms with Crippen LogP contribution in [-0.4, -0.2) is 18.9 Å². The number of ether oxygens (including phenoxy) is 1. The Morgan fingerprint density at radius 3 is 2.56 bits per heavy atom. The van der Waals surface area contributed by atoms with Crippen molar-refractivity contribution >= 4 is 11.8 Å². The van der Waals surface area contributed by atoms with Crippen molar-refractivity contribution in [1.29, 1.82) is 0 Å². The van der Waals surface area contributed by atoms with Crippen molar-refractivity contribution in [3.63, 3.8) is 0 Å². The first kappa shape index (κ1) is 12.3. The van der Waals surface area contributed by atoms with Crippen LogP contribution in [0.15, 0.2) is 18.2 Å². The van der Waals surface area contributed by atoms with Gasteiger partial charge in [0.15, 0.2) is 17.4 Å². The van der Waals surface area contributed by atoms with Gasteiger partial charge in [0.1, 0.15) is 0 Å². The number of carbonyl (C=O) groups excluding carboxylic acids is 2. The Kier molecular flexibility index (Phi) is 4.10. The molecule has 1 aromatic rings. The Morgan fingerprint density at radius 2 is 1.94 bits per heavy atom. The largest absolute Gasteiger partial charge is 0.469 e. The molecular formula is C11H10F2O3. The van der Waals surface area contributed by atoms with Crippen LogP contribution in [-0.2, 0) is 9.53 Å². The summed E-state index contributed by atoms with van der Waals surface area (Å²) < 4.78 is 30.3. The van der Waals surface area contributed by atoms with Crippen LogP contribution in [0.1, 0.15) is 23.2 Å². The Balaban J connectivity index is 2.74. The molecule has 0 unspecified atom stereocenters. The van der Waals surface area contributed by atoms with Gasteiger partial charge in [-0.15, -0.1) is 0 Å². The molecule has 0 heterocycles. The van der Waals surface area contributed by atoms with Crippen molar-refractivity contribution in [3.8, 4) is 0 Å². The highest BCUT2D eigenvalue weighted by Gasteiger charge is 2.16. The maximum atomic E-state index is 13.1. The molecule has 1 rings (SSSR count). The first-order valence-corrected chi connectivity index (χ1v) is 4.60. The van der Waals surface area contributed by atoms with Crippen LogP contribution in [0.4, 0.5) is 8.78 Å². The van der Waals surface area contributed by atoms with Gasteiger partial charge in [-0.3, -0.25) is 9.59 Å². The molecule has 0 aliphatic carbocycles. The average Bonchev–Trinajstić information content (AvgIpc) is 2.29. The van der Waals surface area contributed by atoms with E-state index in [0.29, 0.717) is 0 Å². The molecule has 0 aliphatic heterocycles. The van der Waals surface area contributed by atoms with E-state index >= 15 is 0 Å². The van der Waals surface area contributed by atoms with Crippen molar-refractivity contribution in [1.82, 2.24) is 0 Å². The first-order chi connectivity index (χ1) is 7.56. The standard InChI is InChI=1S/C11H10F2O3/c1-16-10(15)6-5-9(14)7-3-2-4-8(12)11(7)13/h2-4H,5-6H2,1H3. The van der Waals surface area contributed by atoms with E-state index in [1.54, 1.807) is 0 Å². The molecule has 16 heavy (non-hydrogen) atoms. The molecule has 86 valence electrons. The fourth-order valence-corrected chi connectivity index (χ4v) is 1.17. The summed E-state index contributed by atoms with van der Waals surface area (Å²) in [5.41, 5.74) is -0.344. The second-order valence-electron chi connectivity index (χ2n) is 3.10. The van der Waals surface area contributed by atoms with E-state index in [-0.39, 0.29) is 18.4 Å². The molecule has 0 aliphatic rings. The zero-order valence-electron chi connectivity index (χ0n) is 8.63. The van der Waals surface area contributed by atoms with Crippen molar-refractivity contribution in [2.24, 2.45) is 0 Å². The summed E-state index contributed by atoms with van der Waals surface area (Å²) in [6.07, 6.45) is -0.349. The minimum Gasteiger partial charge on any atom is -0.469 e. The lowest BCUT2D eigenvalue weighted by Crippen LogP contribution is -2.08. The summed E-state index contributed by atoms with van der Waals surface area (Å²) in [5, 5.41) is 0. The van der Waals surface area contributed by atoms with Gasteiger partial charge in [-0.25, -0.2) is 8.78 Å². The lowest BCUT2D eigenvalue weighted by Gasteiger charge is -2.02. The SMILES string of the molecule is COC(=O)CCC(=O)c1cccc(F)c1F. The lowest BCUT2D eigenvalue weighted by atomic mass is 10.1. The summed E-state index contributed by atoms with van der Waals surface area (Å²) in [6, 6.07) is 3.34. The van der Waals surface area contributed by atoms with Gasteiger partial charge in [0.05, 0.1) is 19.1 Å². The van der Waals surface area contributed by atoms with Gasteiger partial charge in [0, 0.05) is 6.42 Å². The molecule has 0 amide bonds. The van der Waals surface area contributed by atoms with E-state index in [9.17, 15) is 18.4 Å². The number of hydrogen-bond acceptors (Lipinski definition) is 3. The number of halogens is 2. The van der Waals surface area contributed by atoms with Gasteiger partial charge in [-0.1, -0.05) is 6.07 Å². The van der Waals surface area contributed by atoms with Gasteiger partial charge >= 0.3 is 5.97 Å². The summed E-state index contributed by atoms with van der Waals surface area (Å²) in [4.78, 5) is 22.2. The zero-order chi connectivity index (χ0) is 12.1. The fraction of sp³-hybridized carbons (Fsp3) is 0.273. The van der Waals surface area contributed by atoms with Crippen LogP contribution in [0.25, 0.3) is 0 Å². The van der Waals surface area contributed by atoms with E-state index < -0.39 is 23.4 Å². The minimum absolute atomic E-state index is 0.148. The van der Waals surface area contributed by atoms with Crippen molar-refractivity contribution in [2.75, 3.05) is 7.11 Å². The normalized spacial score (nSPS) is 9.94. The minimum atomic E-state index is -1.18. The molecule has 0 saturated heterocycles. The molecule has 1 aromatic carbocycles. The second kappa shape index (κ2) is 5.34. The molecule has 0 radical (unpaired) electrons. The molecule has 3 nitrogen and oxygen atoms in total. The Hall–Kier alpha value is -1.78. The first-order valence-electron chi connectivity index (χ1n) is 4.60. The molecule has 0 fully saturated rings. The van der Waals surface area contributed by atoms with Crippen molar-refractivity contribution in [3.05, 3.63) is 35.4 Å². The van der Waals surface area contributed by atoms with E-state index in [1.165, 1.54) is 19.2 Å². The van der Waals surface area contributed by atoms with Gasteiger partial charge in [-0.2, -0.15) is 0 Å². The number of benzene rings is 1. The Labute approximate surface area is 91.0 Å². The molecule has 0 atom stereocenters. The molecule has 5 heteroatoms. The van der Waals surface area contributed by atoms with Crippen LogP contribution in [0.3, 0.4) is 0 Å². The van der Waals surface area contributed by atoms with Gasteiger partial charge < -0.3 is 4.74 Å². The van der Waals surface area contributed by atoms with E-state index in [0.717, 1.165) is 6.07 Å². The van der Waals surface area contributed by atoms with Gasteiger partial charge in [0.2, 0.25) is 0 Å². The summed E-state index contributed by atoms with van der Waals surface area (Å²) in [7, 11) is 1.19. The Morgan fingerprint density at radius 1 is 1.25 bits per heavy atom. The maximum absolute atomic E-state index is 13.1. The second-order valence-corrected chi connectivity index (χ2v) is 3.10. The number of carbonyl (C=O) groups is 2. The monoisotopic (exact) mass is 228 g/mol.